The molecule has 0 saturated carbocycles. The number of carbonyl (C=O) groups is 2. The standard InChI is InChI=1S/C18H24N4O2S/c1-10-11(2)17(25-13(10)4)18(24)22-7-14(8-22)21(5)16(23)6-15-12(3)19-9-20-15/h9,14H,6-8H2,1-5H3,(H,19,20). The number of aryl methyl sites for hydroxylation is 2. The molecule has 1 saturated heterocycles. The number of amides is 2. The predicted molar refractivity (Wildman–Crippen MR) is 98.0 cm³/mol. The fourth-order valence-corrected chi connectivity index (χ4v) is 4.13. The van der Waals surface area contributed by atoms with Gasteiger partial charge in [-0.15, -0.1) is 11.3 Å². The first-order chi connectivity index (χ1) is 11.8. The summed E-state index contributed by atoms with van der Waals surface area (Å²) in [6, 6.07) is 0.0816. The average molecular weight is 360 g/mol. The monoisotopic (exact) mass is 360 g/mol. The third-order valence-corrected chi connectivity index (χ3v) is 6.52. The number of nitrogens with zero attached hydrogens (tertiary/aromatic N) is 3. The number of imidazole rings is 1. The van der Waals surface area contributed by atoms with Gasteiger partial charge in [-0.1, -0.05) is 0 Å². The van der Waals surface area contributed by atoms with Gasteiger partial charge in [0, 0.05) is 30.7 Å². The van der Waals surface area contributed by atoms with Crippen molar-refractivity contribution < 1.29 is 9.59 Å². The number of likely N-dealkylation sites (tertiary alicyclic amines) is 1. The molecular weight excluding hydrogens is 336 g/mol. The second kappa shape index (κ2) is 6.63. The van der Waals surface area contributed by atoms with Crippen LogP contribution in [0.3, 0.4) is 0 Å². The maximum atomic E-state index is 12.7. The number of aromatic amines is 1. The van der Waals surface area contributed by atoms with E-state index in [1.807, 2.05) is 32.7 Å². The number of rotatable bonds is 4. The van der Waals surface area contributed by atoms with E-state index in [9.17, 15) is 9.59 Å². The van der Waals surface area contributed by atoms with Gasteiger partial charge in [-0.05, 0) is 38.8 Å². The molecule has 0 unspecified atom stereocenters. The summed E-state index contributed by atoms with van der Waals surface area (Å²) in [4.78, 5) is 37.8. The molecule has 7 heteroatoms. The molecule has 0 aromatic carbocycles. The van der Waals surface area contributed by atoms with E-state index in [1.165, 1.54) is 10.4 Å². The minimum Gasteiger partial charge on any atom is -0.348 e. The maximum absolute atomic E-state index is 12.7. The van der Waals surface area contributed by atoms with Crippen LogP contribution in [-0.4, -0.2) is 57.8 Å². The quantitative estimate of drug-likeness (QED) is 0.909. The zero-order valence-corrected chi connectivity index (χ0v) is 16.2. The molecule has 6 nitrogen and oxygen atoms in total. The fourth-order valence-electron chi connectivity index (χ4n) is 2.99. The van der Waals surface area contributed by atoms with Crippen molar-refractivity contribution in [1.82, 2.24) is 19.8 Å². The van der Waals surface area contributed by atoms with Gasteiger partial charge in [-0.3, -0.25) is 9.59 Å². The van der Waals surface area contributed by atoms with Gasteiger partial charge in [0.25, 0.3) is 5.91 Å². The first kappa shape index (κ1) is 17.7. The molecule has 1 aliphatic heterocycles. The molecule has 134 valence electrons. The number of hydrogen-bond acceptors (Lipinski definition) is 4. The fraction of sp³-hybridized carbons (Fsp3) is 0.500. The second-order valence-electron chi connectivity index (χ2n) is 6.76. The van der Waals surface area contributed by atoms with Crippen molar-refractivity contribution in [2.45, 2.75) is 40.2 Å². The van der Waals surface area contributed by atoms with E-state index in [2.05, 4.69) is 16.9 Å². The average Bonchev–Trinajstić information content (AvgIpc) is 3.04. The summed E-state index contributed by atoms with van der Waals surface area (Å²) >= 11 is 1.56. The minimum absolute atomic E-state index is 0.0336. The van der Waals surface area contributed by atoms with Crippen LogP contribution in [0.15, 0.2) is 6.33 Å². The summed E-state index contributed by atoms with van der Waals surface area (Å²) < 4.78 is 0. The van der Waals surface area contributed by atoms with E-state index in [1.54, 1.807) is 22.6 Å². The van der Waals surface area contributed by atoms with E-state index in [4.69, 9.17) is 0 Å². The Morgan fingerprint density at radius 2 is 1.96 bits per heavy atom. The van der Waals surface area contributed by atoms with Crippen LogP contribution in [0.4, 0.5) is 0 Å². The van der Waals surface area contributed by atoms with Crippen LogP contribution in [0.25, 0.3) is 0 Å². The number of nitrogens with one attached hydrogen (secondary N) is 1. The van der Waals surface area contributed by atoms with Gasteiger partial charge in [0.1, 0.15) is 0 Å². The molecule has 0 aliphatic carbocycles. The Morgan fingerprint density at radius 1 is 1.28 bits per heavy atom. The normalized spacial score (nSPS) is 14.5. The maximum Gasteiger partial charge on any atom is 0.264 e. The summed E-state index contributed by atoms with van der Waals surface area (Å²) in [7, 11) is 1.81. The number of carbonyl (C=O) groups excluding carboxylic acids is 2. The molecule has 3 rings (SSSR count). The molecule has 2 aromatic rings. The molecule has 0 bridgehead atoms. The van der Waals surface area contributed by atoms with Gasteiger partial charge in [0.05, 0.1) is 29.4 Å². The topological polar surface area (TPSA) is 69.3 Å². The first-order valence-electron chi connectivity index (χ1n) is 8.40. The highest BCUT2D eigenvalue weighted by Crippen LogP contribution is 2.29. The van der Waals surface area contributed by atoms with Gasteiger partial charge >= 0.3 is 0 Å². The highest BCUT2D eigenvalue weighted by molar-refractivity contribution is 7.14. The Labute approximate surface area is 151 Å². The smallest absolute Gasteiger partial charge is 0.264 e. The highest BCUT2D eigenvalue weighted by Gasteiger charge is 2.36. The lowest BCUT2D eigenvalue weighted by molar-refractivity contribution is -0.133. The van der Waals surface area contributed by atoms with Crippen molar-refractivity contribution in [1.29, 1.82) is 0 Å². The number of likely N-dealkylation sites (N-methyl/N-ethyl adjacent to an activating group) is 1. The van der Waals surface area contributed by atoms with Gasteiger partial charge in [0.2, 0.25) is 5.91 Å². The molecule has 1 fully saturated rings. The minimum atomic E-state index is 0.0336. The predicted octanol–water partition coefficient (Wildman–Crippen LogP) is 2.23. The SMILES string of the molecule is Cc1[nH]cnc1CC(=O)N(C)C1CN(C(=O)c2sc(C)c(C)c2C)C1. The van der Waals surface area contributed by atoms with Crippen molar-refractivity contribution in [2.24, 2.45) is 0 Å². The first-order valence-corrected chi connectivity index (χ1v) is 9.21. The van der Waals surface area contributed by atoms with E-state index >= 15 is 0 Å². The molecule has 1 N–H and O–H groups in total. The Bertz CT molecular complexity index is 817. The van der Waals surface area contributed by atoms with Crippen LogP contribution in [0.5, 0.6) is 0 Å². The van der Waals surface area contributed by atoms with Gasteiger partial charge in [-0.2, -0.15) is 0 Å². The zero-order chi connectivity index (χ0) is 18.3. The number of H-pyrrole nitrogens is 1. The number of hydrogen-bond donors (Lipinski definition) is 1. The van der Waals surface area contributed by atoms with Crippen molar-refractivity contribution >= 4 is 23.2 Å². The van der Waals surface area contributed by atoms with Crippen molar-refractivity contribution in [3.05, 3.63) is 38.6 Å². The second-order valence-corrected chi connectivity index (χ2v) is 7.98. The van der Waals surface area contributed by atoms with Gasteiger partial charge < -0.3 is 14.8 Å². The molecular formula is C18H24N4O2S. The van der Waals surface area contributed by atoms with Crippen LogP contribution in [-0.2, 0) is 11.2 Å². The lowest BCUT2D eigenvalue weighted by atomic mass is 10.0. The summed E-state index contributed by atoms with van der Waals surface area (Å²) in [5.41, 5.74) is 3.98. The summed E-state index contributed by atoms with van der Waals surface area (Å²) in [6.45, 7) is 9.20. The molecule has 3 heterocycles. The lowest BCUT2D eigenvalue weighted by Crippen LogP contribution is -2.61. The molecule has 1 aliphatic rings. The summed E-state index contributed by atoms with van der Waals surface area (Å²) in [5.74, 6) is 0.116. The van der Waals surface area contributed by atoms with Crippen LogP contribution in [0.1, 0.15) is 37.1 Å². The zero-order valence-electron chi connectivity index (χ0n) is 15.3. The van der Waals surface area contributed by atoms with Gasteiger partial charge in [-0.25, -0.2) is 4.98 Å². The largest absolute Gasteiger partial charge is 0.348 e. The Balaban J connectivity index is 1.58. The van der Waals surface area contributed by atoms with Crippen molar-refractivity contribution in [3.63, 3.8) is 0 Å². The molecule has 0 spiro atoms. The molecule has 0 radical (unpaired) electrons. The molecule has 2 aromatic heterocycles. The lowest BCUT2D eigenvalue weighted by Gasteiger charge is -2.43. The van der Waals surface area contributed by atoms with Crippen molar-refractivity contribution in [3.8, 4) is 0 Å². The Morgan fingerprint density at radius 3 is 2.48 bits per heavy atom. The molecule has 25 heavy (non-hydrogen) atoms. The van der Waals surface area contributed by atoms with Crippen LogP contribution in [0, 0.1) is 27.7 Å². The van der Waals surface area contributed by atoms with Crippen LogP contribution in [0.2, 0.25) is 0 Å². The van der Waals surface area contributed by atoms with E-state index in [0.717, 1.165) is 21.8 Å². The Kier molecular flexibility index (Phi) is 4.69. The van der Waals surface area contributed by atoms with Crippen LogP contribution < -0.4 is 0 Å². The molecule has 0 atom stereocenters. The van der Waals surface area contributed by atoms with E-state index in [0.29, 0.717) is 19.5 Å². The summed E-state index contributed by atoms with van der Waals surface area (Å²) in [5, 5.41) is 0. The van der Waals surface area contributed by atoms with Crippen LogP contribution >= 0.6 is 11.3 Å². The van der Waals surface area contributed by atoms with E-state index in [-0.39, 0.29) is 17.9 Å². The third-order valence-electron chi connectivity index (χ3n) is 5.22. The summed E-state index contributed by atoms with van der Waals surface area (Å²) in [6.07, 6.45) is 1.90. The highest BCUT2D eigenvalue weighted by atomic mass is 32.1. The molecule has 2 amide bonds. The van der Waals surface area contributed by atoms with Crippen molar-refractivity contribution in [2.75, 3.05) is 20.1 Å². The van der Waals surface area contributed by atoms with E-state index < -0.39 is 0 Å². The number of aromatic nitrogens is 2. The number of thiophene rings is 1. The van der Waals surface area contributed by atoms with Gasteiger partial charge in [0.15, 0.2) is 0 Å². The third kappa shape index (κ3) is 3.20. The Hall–Kier alpha value is -2.15.